The molecule has 1 saturated heterocycles. The van der Waals surface area contributed by atoms with Gasteiger partial charge in [-0.25, -0.2) is 9.07 Å². The van der Waals surface area contributed by atoms with Gasteiger partial charge in [0.05, 0.1) is 12.2 Å². The lowest BCUT2D eigenvalue weighted by Gasteiger charge is -2.31. The molecular formula is C32H29FN4OS2. The number of carbonyl (C=O) groups excluding carboxylic acids is 1. The first-order chi connectivity index (χ1) is 19.3. The highest BCUT2D eigenvalue weighted by Crippen LogP contribution is 2.26. The highest BCUT2D eigenvalue weighted by Gasteiger charge is 2.28. The van der Waals surface area contributed by atoms with E-state index in [0.29, 0.717) is 40.9 Å². The van der Waals surface area contributed by atoms with Gasteiger partial charge in [-0.05, 0) is 54.8 Å². The summed E-state index contributed by atoms with van der Waals surface area (Å²) >= 11 is 7.34. The summed E-state index contributed by atoms with van der Waals surface area (Å²) in [6, 6.07) is 22.6. The van der Waals surface area contributed by atoms with E-state index in [-0.39, 0.29) is 11.6 Å². The van der Waals surface area contributed by atoms with Gasteiger partial charge in [-0.3, -0.25) is 4.79 Å². The number of rotatable bonds is 6. The van der Waals surface area contributed by atoms with Crippen LogP contribution in [0.15, 0.2) is 90.1 Å². The third kappa shape index (κ3) is 7.20. The van der Waals surface area contributed by atoms with Crippen molar-refractivity contribution < 1.29 is 9.18 Å². The van der Waals surface area contributed by atoms with Crippen LogP contribution in [-0.2, 0) is 17.1 Å². The largest absolute Gasteiger partial charge is 0.349 e. The summed E-state index contributed by atoms with van der Waals surface area (Å²) in [5, 5.41) is 8.48. The van der Waals surface area contributed by atoms with Crippen molar-refractivity contribution in [1.29, 1.82) is 0 Å². The van der Waals surface area contributed by atoms with Gasteiger partial charge in [0.25, 0.3) is 0 Å². The molecule has 0 unspecified atom stereocenters. The van der Waals surface area contributed by atoms with Gasteiger partial charge in [-0.15, -0.1) is 5.10 Å². The van der Waals surface area contributed by atoms with Crippen LogP contribution in [0.4, 0.5) is 4.39 Å². The first-order valence-corrected chi connectivity index (χ1v) is 14.4. The highest BCUT2D eigenvalue weighted by atomic mass is 32.2. The molecule has 0 bridgehead atoms. The van der Waals surface area contributed by atoms with E-state index < -0.39 is 0 Å². The lowest BCUT2D eigenvalue weighted by atomic mass is 9.94. The summed E-state index contributed by atoms with van der Waals surface area (Å²) in [5.74, 6) is 0.343. The molecule has 2 heterocycles. The molecule has 0 N–H and O–H groups in total. The Kier molecular flexibility index (Phi) is 8.67. The van der Waals surface area contributed by atoms with E-state index in [0.717, 1.165) is 22.4 Å². The fraction of sp³-hybridized carbons (Fsp3) is 0.188. The van der Waals surface area contributed by atoms with Crippen LogP contribution < -0.4 is 0 Å². The molecule has 3 aromatic carbocycles. The molecule has 1 fully saturated rings. The molecule has 1 aliphatic rings. The van der Waals surface area contributed by atoms with Gasteiger partial charge < -0.3 is 4.90 Å². The van der Waals surface area contributed by atoms with Gasteiger partial charge in [0.2, 0.25) is 0 Å². The van der Waals surface area contributed by atoms with Crippen molar-refractivity contribution in [3.05, 3.63) is 129 Å². The third-order valence-electron chi connectivity index (χ3n) is 6.59. The molecule has 8 heteroatoms. The molecule has 0 aliphatic carbocycles. The minimum Gasteiger partial charge on any atom is -0.349 e. The van der Waals surface area contributed by atoms with Crippen LogP contribution in [0.3, 0.4) is 0 Å². The van der Waals surface area contributed by atoms with E-state index in [1.54, 1.807) is 16.8 Å². The molecule has 0 spiro atoms. The second kappa shape index (κ2) is 12.5. The van der Waals surface area contributed by atoms with Crippen LogP contribution in [0, 0.1) is 19.7 Å². The number of ketones is 1. The monoisotopic (exact) mass is 568 g/mol. The van der Waals surface area contributed by atoms with Gasteiger partial charge in [0.1, 0.15) is 10.1 Å². The Morgan fingerprint density at radius 2 is 1.45 bits per heavy atom. The zero-order valence-corrected chi connectivity index (χ0v) is 24.0. The fourth-order valence-electron chi connectivity index (χ4n) is 4.38. The number of aryl methyl sites for hydroxylation is 2. The lowest BCUT2D eigenvalue weighted by molar-refractivity contribution is -0.113. The Labute approximate surface area is 243 Å². The van der Waals surface area contributed by atoms with Crippen LogP contribution in [0.1, 0.15) is 33.5 Å². The van der Waals surface area contributed by atoms with Crippen molar-refractivity contribution in [2.45, 2.75) is 26.1 Å². The molecular weight excluding hydrogens is 540 g/mol. The first kappa shape index (κ1) is 27.7. The van der Waals surface area contributed by atoms with Gasteiger partial charge in [-0.1, -0.05) is 101 Å². The number of benzene rings is 3. The molecule has 0 saturated carbocycles. The number of aromatic nitrogens is 3. The molecule has 1 aromatic heterocycles. The Morgan fingerprint density at radius 1 is 0.900 bits per heavy atom. The quantitative estimate of drug-likeness (QED) is 0.192. The predicted octanol–water partition coefficient (Wildman–Crippen LogP) is 6.65. The summed E-state index contributed by atoms with van der Waals surface area (Å²) in [7, 11) is 0. The number of carbonyl (C=O) groups is 1. The predicted molar refractivity (Wildman–Crippen MR) is 164 cm³/mol. The minimum absolute atomic E-state index is 0.0499. The number of nitrogens with zero attached hydrogens (tertiary/aromatic N) is 4. The lowest BCUT2D eigenvalue weighted by Crippen LogP contribution is -2.39. The summed E-state index contributed by atoms with van der Waals surface area (Å²) in [6.07, 6.45) is 5.81. The minimum atomic E-state index is -0.263. The number of Topliss-reactive ketones (excluding diaryl/α,β-unsaturated/α-hetero) is 1. The first-order valence-electron chi connectivity index (χ1n) is 13.0. The standard InChI is InChI=1S/C32H29FN4OS2/c1-22-3-7-24(8-4-22)15-27-18-36(19-28(31(27)38)16-25-9-5-23(2)6-10-25)32(39)40-21-30-20-37(35-34-30)17-26-11-13-29(33)14-12-26/h3-16,20H,17-19,21H2,1-2H3/b27-15+,28-16+. The van der Waals surface area contributed by atoms with Crippen molar-refractivity contribution >= 4 is 46.2 Å². The van der Waals surface area contributed by atoms with Gasteiger partial charge in [-0.2, -0.15) is 0 Å². The van der Waals surface area contributed by atoms with Crippen molar-refractivity contribution in [3.63, 3.8) is 0 Å². The van der Waals surface area contributed by atoms with E-state index in [4.69, 9.17) is 12.2 Å². The number of thioether (sulfide) groups is 1. The Morgan fingerprint density at radius 3 is 2.00 bits per heavy atom. The summed E-state index contributed by atoms with van der Waals surface area (Å²) in [4.78, 5) is 15.6. The fourth-order valence-corrected chi connectivity index (χ4v) is 5.40. The Hall–Kier alpha value is -3.88. The van der Waals surface area contributed by atoms with Crippen molar-refractivity contribution in [1.82, 2.24) is 19.9 Å². The van der Waals surface area contributed by atoms with Crippen LogP contribution >= 0.6 is 24.0 Å². The average Bonchev–Trinajstić information content (AvgIpc) is 3.40. The summed E-state index contributed by atoms with van der Waals surface area (Å²) in [6.45, 7) is 5.49. The second-order valence-corrected chi connectivity index (χ2v) is 11.5. The maximum absolute atomic E-state index is 13.5. The zero-order chi connectivity index (χ0) is 28.1. The number of thiocarbonyl (C=S) groups is 1. The molecule has 4 aromatic rings. The average molecular weight is 569 g/mol. The van der Waals surface area contributed by atoms with E-state index in [1.165, 1.54) is 35.0 Å². The summed E-state index contributed by atoms with van der Waals surface area (Å²) in [5.41, 5.74) is 7.48. The number of hydrogen-bond donors (Lipinski definition) is 0. The second-order valence-electron chi connectivity index (χ2n) is 9.93. The van der Waals surface area contributed by atoms with Crippen molar-refractivity contribution in [2.24, 2.45) is 0 Å². The van der Waals surface area contributed by atoms with Crippen molar-refractivity contribution in [2.75, 3.05) is 13.1 Å². The Bertz CT molecular complexity index is 1510. The van der Waals surface area contributed by atoms with Crippen LogP contribution in [0.5, 0.6) is 0 Å². The SMILES string of the molecule is Cc1ccc(/C=C2\CN(C(=S)SCc3cn(Cc4ccc(F)cc4)nn3)C/C(=C\c3ccc(C)cc3)C2=O)cc1. The molecule has 40 heavy (non-hydrogen) atoms. The highest BCUT2D eigenvalue weighted by molar-refractivity contribution is 8.22. The molecule has 0 radical (unpaired) electrons. The third-order valence-corrected chi connectivity index (χ3v) is 8.14. The molecule has 0 amide bonds. The number of likely N-dealkylation sites (tertiary alicyclic amines) is 1. The van der Waals surface area contributed by atoms with Gasteiger partial charge >= 0.3 is 0 Å². The zero-order valence-electron chi connectivity index (χ0n) is 22.4. The van der Waals surface area contributed by atoms with E-state index >= 15 is 0 Å². The normalized spacial score (nSPS) is 15.7. The topological polar surface area (TPSA) is 51.0 Å². The van der Waals surface area contributed by atoms with Gasteiger partial charge in [0, 0.05) is 36.2 Å². The summed E-state index contributed by atoms with van der Waals surface area (Å²) < 4.78 is 15.6. The van der Waals surface area contributed by atoms with E-state index in [9.17, 15) is 9.18 Å². The van der Waals surface area contributed by atoms with E-state index in [1.807, 2.05) is 80.7 Å². The molecule has 0 atom stereocenters. The van der Waals surface area contributed by atoms with Crippen molar-refractivity contribution in [3.8, 4) is 0 Å². The number of hydrogen-bond acceptors (Lipinski definition) is 5. The maximum Gasteiger partial charge on any atom is 0.188 e. The number of halogens is 1. The molecule has 202 valence electrons. The molecule has 1 aliphatic heterocycles. The van der Waals surface area contributed by atoms with Crippen LogP contribution in [0.2, 0.25) is 0 Å². The molecule has 5 nitrogen and oxygen atoms in total. The van der Waals surface area contributed by atoms with Crippen LogP contribution in [-0.4, -0.2) is 43.1 Å². The maximum atomic E-state index is 13.5. The van der Waals surface area contributed by atoms with Crippen LogP contribution in [0.25, 0.3) is 12.2 Å². The Balaban J connectivity index is 1.31. The van der Waals surface area contributed by atoms with E-state index in [2.05, 4.69) is 15.2 Å². The smallest absolute Gasteiger partial charge is 0.188 e. The number of piperidine rings is 1. The molecule has 5 rings (SSSR count). The van der Waals surface area contributed by atoms with Gasteiger partial charge in [0.15, 0.2) is 5.78 Å².